The Balaban J connectivity index is 0. The van der Waals surface area contributed by atoms with Crippen LogP contribution in [0, 0.1) is 18.3 Å². The van der Waals surface area contributed by atoms with Gasteiger partial charge < -0.3 is 31.2 Å². The first-order valence-corrected chi connectivity index (χ1v) is 8.26. The fourth-order valence-electron chi connectivity index (χ4n) is 3.01. The van der Waals surface area contributed by atoms with E-state index in [0.717, 1.165) is 11.8 Å². The van der Waals surface area contributed by atoms with Gasteiger partial charge in [0, 0.05) is 0 Å². The van der Waals surface area contributed by atoms with Gasteiger partial charge >= 0.3 is 41.3 Å². The van der Waals surface area contributed by atoms with Crippen LogP contribution in [0.4, 0.5) is 0 Å². The molecule has 0 radical (unpaired) electrons. The van der Waals surface area contributed by atoms with Crippen LogP contribution in [0.1, 0.15) is 71.6 Å². The zero-order valence-electron chi connectivity index (χ0n) is 11.9. The second kappa shape index (κ2) is 13.3. The molecule has 0 saturated heterocycles. The molecule has 18 heavy (non-hydrogen) atoms. The zero-order valence-corrected chi connectivity index (χ0v) is 15.8. The molecule has 0 aromatic carbocycles. The molecule has 0 aromatic heterocycles. The summed E-state index contributed by atoms with van der Waals surface area (Å²) < 4.78 is 1.51. The molecule has 3 heteroatoms. The van der Waals surface area contributed by atoms with Crippen molar-refractivity contribution in [3.8, 4) is 0 Å². The van der Waals surface area contributed by atoms with Gasteiger partial charge in [0.1, 0.15) is 0 Å². The SMILES string of the molecule is C[C](C)=[Zr+2].[CH-]1CCCC(C2CCCCC2)C1.[Cl-].[Cl-]. The molecule has 2 aliphatic carbocycles. The molecule has 106 valence electrons. The van der Waals surface area contributed by atoms with Crippen LogP contribution in [-0.2, 0) is 24.2 Å². The fraction of sp³-hybridized carbons (Fsp3) is 0.867. The Morgan fingerprint density at radius 3 is 1.83 bits per heavy atom. The Morgan fingerprint density at radius 1 is 0.889 bits per heavy atom. The molecular weight excluding hydrogens is 342 g/mol. The van der Waals surface area contributed by atoms with Crippen LogP contribution in [-0.4, -0.2) is 3.21 Å². The molecule has 0 bridgehead atoms. The normalized spacial score (nSPS) is 23.9. The minimum Gasteiger partial charge on any atom is -1.00 e. The van der Waals surface area contributed by atoms with Crippen molar-refractivity contribution in [1.29, 1.82) is 0 Å². The maximum Gasteiger partial charge on any atom is -0.0410 e. The fourth-order valence-corrected chi connectivity index (χ4v) is 3.01. The predicted molar refractivity (Wildman–Crippen MR) is 69.2 cm³/mol. The van der Waals surface area contributed by atoms with E-state index in [1.54, 1.807) is 37.1 Å². The summed E-state index contributed by atoms with van der Waals surface area (Å²) in [5.74, 6) is 2.19. The molecule has 1 atom stereocenters. The summed E-state index contributed by atoms with van der Waals surface area (Å²) in [6.45, 7) is 4.25. The molecule has 2 aliphatic rings. The molecule has 2 saturated carbocycles. The number of halogens is 2. The third-order valence-electron chi connectivity index (χ3n) is 3.77. The topological polar surface area (TPSA) is 0 Å². The third-order valence-corrected chi connectivity index (χ3v) is 3.77. The first kappa shape index (κ1) is 21.6. The summed E-state index contributed by atoms with van der Waals surface area (Å²) in [7, 11) is 0. The third kappa shape index (κ3) is 10.2. The van der Waals surface area contributed by atoms with E-state index >= 15 is 0 Å². The number of hydrogen-bond acceptors (Lipinski definition) is 0. The van der Waals surface area contributed by atoms with Gasteiger partial charge in [-0.15, -0.1) is 0 Å². The molecule has 0 aromatic rings. The van der Waals surface area contributed by atoms with Crippen molar-refractivity contribution in [3.63, 3.8) is 0 Å². The van der Waals surface area contributed by atoms with Gasteiger partial charge in [-0.2, -0.15) is 12.8 Å². The average Bonchev–Trinajstić information content (AvgIpc) is 2.31. The van der Waals surface area contributed by atoms with Crippen molar-refractivity contribution in [3.05, 3.63) is 6.42 Å². The van der Waals surface area contributed by atoms with Gasteiger partial charge in [0.15, 0.2) is 0 Å². The first-order valence-electron chi connectivity index (χ1n) is 7.03. The van der Waals surface area contributed by atoms with Crippen LogP contribution in [0.3, 0.4) is 0 Å². The number of hydrogen-bond donors (Lipinski definition) is 0. The van der Waals surface area contributed by atoms with Gasteiger partial charge in [-0.3, -0.25) is 0 Å². The van der Waals surface area contributed by atoms with Crippen LogP contribution in [0.25, 0.3) is 0 Å². The molecule has 0 nitrogen and oxygen atoms in total. The van der Waals surface area contributed by atoms with Crippen molar-refractivity contribution >= 4 is 3.21 Å². The molecule has 1 unspecified atom stereocenters. The average molecular weight is 370 g/mol. The molecule has 0 amide bonds. The summed E-state index contributed by atoms with van der Waals surface area (Å²) in [6.07, 6.45) is 16.0. The van der Waals surface area contributed by atoms with Crippen LogP contribution >= 0.6 is 0 Å². The van der Waals surface area contributed by atoms with E-state index in [9.17, 15) is 0 Å². The van der Waals surface area contributed by atoms with Gasteiger partial charge in [-0.25, -0.2) is 0 Å². The van der Waals surface area contributed by atoms with E-state index in [1.165, 1.54) is 48.2 Å². The molecule has 2 rings (SSSR count). The summed E-state index contributed by atoms with van der Waals surface area (Å²) in [6, 6.07) is 0. The van der Waals surface area contributed by atoms with Crippen molar-refractivity contribution in [1.82, 2.24) is 0 Å². The van der Waals surface area contributed by atoms with Crippen molar-refractivity contribution in [2.24, 2.45) is 11.8 Å². The van der Waals surface area contributed by atoms with Gasteiger partial charge in [-0.05, 0) is 5.92 Å². The molecule has 0 spiro atoms. The molecule has 0 N–H and O–H groups in total. The van der Waals surface area contributed by atoms with E-state index in [0.29, 0.717) is 0 Å². The maximum atomic E-state index is 2.53. The Bertz CT molecular complexity index is 175. The second-order valence-electron chi connectivity index (χ2n) is 5.61. The van der Waals surface area contributed by atoms with Crippen LogP contribution in [0.2, 0.25) is 0 Å². The minimum atomic E-state index is 0. The van der Waals surface area contributed by atoms with Gasteiger partial charge in [0.05, 0.1) is 0 Å². The minimum absolute atomic E-state index is 0. The van der Waals surface area contributed by atoms with Crippen molar-refractivity contribution in [2.45, 2.75) is 71.6 Å². The zero-order chi connectivity index (χ0) is 11.8. The largest absolute Gasteiger partial charge is 1.00 e. The maximum absolute atomic E-state index is 2.53. The Hall–Kier alpha value is 1.33. The van der Waals surface area contributed by atoms with E-state index < -0.39 is 0 Å². The Kier molecular flexibility index (Phi) is 16.0. The van der Waals surface area contributed by atoms with Gasteiger partial charge in [0.25, 0.3) is 0 Å². The smallest absolute Gasteiger partial charge is 0.0410 e. The standard InChI is InChI=1S/C12H21.C3H6.2ClH.Zr/c1-3-7-11(8-4-1)12-9-5-2-6-10-12;1-3-2;;;/h3,11-12H,1-2,4-10H2;1-2H3;2*1H;/q-1;;;;+2/p-2. The van der Waals surface area contributed by atoms with E-state index in [4.69, 9.17) is 0 Å². The Morgan fingerprint density at radius 2 is 1.39 bits per heavy atom. The molecule has 0 heterocycles. The summed E-state index contributed by atoms with van der Waals surface area (Å²) >= 11 is 1.55. The van der Waals surface area contributed by atoms with E-state index in [-0.39, 0.29) is 24.8 Å². The van der Waals surface area contributed by atoms with Crippen LogP contribution < -0.4 is 24.8 Å². The first-order chi connectivity index (χ1) is 7.70. The van der Waals surface area contributed by atoms with Gasteiger partial charge in [0.2, 0.25) is 0 Å². The summed E-state index contributed by atoms with van der Waals surface area (Å²) in [5.41, 5.74) is 0. The molecule has 2 fully saturated rings. The predicted octanol–water partition coefficient (Wildman–Crippen LogP) is -1.29. The summed E-state index contributed by atoms with van der Waals surface area (Å²) in [5, 5.41) is 0. The van der Waals surface area contributed by atoms with Crippen LogP contribution in [0.15, 0.2) is 0 Å². The van der Waals surface area contributed by atoms with E-state index in [2.05, 4.69) is 20.3 Å². The van der Waals surface area contributed by atoms with Gasteiger partial charge in [-0.1, -0.05) is 50.9 Å². The van der Waals surface area contributed by atoms with Crippen molar-refractivity contribution in [2.75, 3.05) is 0 Å². The number of rotatable bonds is 1. The summed E-state index contributed by atoms with van der Waals surface area (Å²) in [4.78, 5) is 0. The van der Waals surface area contributed by atoms with Crippen LogP contribution in [0.5, 0.6) is 0 Å². The second-order valence-corrected chi connectivity index (χ2v) is 8.07. The quantitative estimate of drug-likeness (QED) is 0.505. The van der Waals surface area contributed by atoms with E-state index in [1.807, 2.05) is 0 Å². The Labute approximate surface area is 141 Å². The molecule has 0 aliphatic heterocycles. The molecular formula is C15H27Cl2Zr-. The monoisotopic (exact) mass is 367 g/mol. The van der Waals surface area contributed by atoms with Crippen molar-refractivity contribution < 1.29 is 49.0 Å².